The van der Waals surface area contributed by atoms with Gasteiger partial charge < -0.3 is 14.5 Å². The number of hydrogen-bond donors (Lipinski definition) is 2. The number of carbonyl (C=O) groups is 1. The zero-order chi connectivity index (χ0) is 22.0. The maximum absolute atomic E-state index is 12.4. The van der Waals surface area contributed by atoms with Crippen LogP contribution in [0.5, 0.6) is 5.75 Å². The number of nitrogens with zero attached hydrogens (tertiary/aromatic N) is 2. The monoisotopic (exact) mass is 516 g/mol. The summed E-state index contributed by atoms with van der Waals surface area (Å²) < 4.78 is 11.7. The maximum Gasteiger partial charge on any atom is 0.257 e. The molecule has 0 saturated carbocycles. The van der Waals surface area contributed by atoms with Crippen LogP contribution in [0.2, 0.25) is 5.02 Å². The van der Waals surface area contributed by atoms with Crippen LogP contribution in [-0.2, 0) is 0 Å². The lowest BCUT2D eigenvalue weighted by Crippen LogP contribution is -2.34. The van der Waals surface area contributed by atoms with Gasteiger partial charge in [-0.15, -0.1) is 0 Å². The summed E-state index contributed by atoms with van der Waals surface area (Å²) in [6, 6.07) is 11.9. The second-order valence-corrected chi connectivity index (χ2v) is 8.08. The highest BCUT2D eigenvalue weighted by Crippen LogP contribution is 2.27. The quantitative estimate of drug-likeness (QED) is 0.348. The number of pyridine rings is 1. The molecule has 0 aliphatic carbocycles. The van der Waals surface area contributed by atoms with E-state index in [1.165, 1.54) is 13.2 Å². The first-order valence-corrected chi connectivity index (χ1v) is 10.5. The number of carbonyl (C=O) groups excluding carboxylic acids is 1. The van der Waals surface area contributed by atoms with Crippen LogP contribution in [0, 0.1) is 0 Å². The summed E-state index contributed by atoms with van der Waals surface area (Å²) in [5.74, 6) is 0.542. The lowest BCUT2D eigenvalue weighted by atomic mass is 10.2. The molecule has 1 amide bonds. The zero-order valence-electron chi connectivity index (χ0n) is 16.0. The second-order valence-electron chi connectivity index (χ2n) is 6.35. The van der Waals surface area contributed by atoms with Crippen molar-refractivity contribution in [2.45, 2.75) is 0 Å². The Morgan fingerprint density at radius 3 is 2.77 bits per heavy atom. The van der Waals surface area contributed by atoms with Gasteiger partial charge in [-0.05, 0) is 70.6 Å². The zero-order valence-corrected chi connectivity index (χ0v) is 19.1. The SMILES string of the molecule is COc1ccc(C(=O)NC(=S)Nc2ccc3oc(-c4cncc(Br)c4)nc3c2)cc1Cl. The number of halogens is 2. The Hall–Kier alpha value is -3.01. The highest BCUT2D eigenvalue weighted by atomic mass is 79.9. The molecule has 7 nitrogen and oxygen atoms in total. The van der Waals surface area contributed by atoms with Crippen molar-refractivity contribution in [2.75, 3.05) is 12.4 Å². The minimum Gasteiger partial charge on any atom is -0.495 e. The van der Waals surface area contributed by atoms with Crippen molar-refractivity contribution in [3.8, 4) is 17.2 Å². The van der Waals surface area contributed by atoms with E-state index in [1.54, 1.807) is 42.7 Å². The highest BCUT2D eigenvalue weighted by Gasteiger charge is 2.13. The minimum atomic E-state index is -0.394. The Morgan fingerprint density at radius 2 is 2.03 bits per heavy atom. The predicted molar refractivity (Wildman–Crippen MR) is 127 cm³/mol. The fraction of sp³-hybridized carbons (Fsp3) is 0.0476. The van der Waals surface area contributed by atoms with Crippen molar-refractivity contribution in [1.82, 2.24) is 15.3 Å². The van der Waals surface area contributed by atoms with Crippen LogP contribution in [0.15, 0.2) is 63.7 Å². The summed E-state index contributed by atoms with van der Waals surface area (Å²) in [5.41, 5.74) is 3.01. The van der Waals surface area contributed by atoms with Crippen molar-refractivity contribution in [2.24, 2.45) is 0 Å². The van der Waals surface area contributed by atoms with Crippen LogP contribution in [0.3, 0.4) is 0 Å². The van der Waals surface area contributed by atoms with Gasteiger partial charge in [0, 0.05) is 28.1 Å². The molecule has 2 aromatic heterocycles. The van der Waals surface area contributed by atoms with Gasteiger partial charge in [-0.1, -0.05) is 11.6 Å². The third-order valence-electron chi connectivity index (χ3n) is 4.24. The van der Waals surface area contributed by atoms with E-state index in [4.69, 9.17) is 33.0 Å². The summed E-state index contributed by atoms with van der Waals surface area (Å²) in [6.07, 6.45) is 3.36. The number of anilines is 1. The topological polar surface area (TPSA) is 89.3 Å². The van der Waals surface area contributed by atoms with E-state index in [0.717, 1.165) is 10.0 Å². The van der Waals surface area contributed by atoms with Crippen LogP contribution in [0.25, 0.3) is 22.6 Å². The third kappa shape index (κ3) is 4.84. The molecule has 0 unspecified atom stereocenters. The first kappa shape index (κ1) is 21.2. The van der Waals surface area contributed by atoms with Gasteiger partial charge in [-0.25, -0.2) is 4.98 Å². The molecule has 0 saturated heterocycles. The highest BCUT2D eigenvalue weighted by molar-refractivity contribution is 9.10. The number of ether oxygens (including phenoxy) is 1. The minimum absolute atomic E-state index is 0.135. The fourth-order valence-electron chi connectivity index (χ4n) is 2.80. The molecular weight excluding hydrogens is 504 g/mol. The van der Waals surface area contributed by atoms with Crippen molar-refractivity contribution in [1.29, 1.82) is 0 Å². The number of benzene rings is 2. The van der Waals surface area contributed by atoms with E-state index >= 15 is 0 Å². The smallest absolute Gasteiger partial charge is 0.257 e. The molecule has 4 rings (SSSR count). The molecule has 0 spiro atoms. The normalized spacial score (nSPS) is 10.7. The largest absolute Gasteiger partial charge is 0.495 e. The molecule has 0 fully saturated rings. The van der Waals surface area contributed by atoms with Crippen molar-refractivity contribution in [3.63, 3.8) is 0 Å². The van der Waals surface area contributed by atoms with Gasteiger partial charge in [0.2, 0.25) is 5.89 Å². The van der Waals surface area contributed by atoms with Crippen molar-refractivity contribution in [3.05, 3.63) is 69.9 Å². The number of hydrogen-bond acceptors (Lipinski definition) is 6. The molecule has 0 aliphatic rings. The summed E-state index contributed by atoms with van der Waals surface area (Å²) in [5, 5.41) is 6.06. The summed E-state index contributed by atoms with van der Waals surface area (Å²) in [4.78, 5) is 21.0. The average Bonchev–Trinajstić information content (AvgIpc) is 3.17. The average molecular weight is 518 g/mol. The molecule has 4 aromatic rings. The van der Waals surface area contributed by atoms with Crippen molar-refractivity contribution >= 4 is 67.6 Å². The molecule has 0 bridgehead atoms. The van der Waals surface area contributed by atoms with Gasteiger partial charge in [-0.3, -0.25) is 15.1 Å². The Labute approximate surface area is 195 Å². The number of amides is 1. The van der Waals surface area contributed by atoms with Crippen LogP contribution in [-0.4, -0.2) is 28.1 Å². The molecular formula is C21H14BrClN4O3S. The molecule has 2 N–H and O–H groups in total. The maximum atomic E-state index is 12.4. The van der Waals surface area contributed by atoms with Crippen molar-refractivity contribution < 1.29 is 13.9 Å². The number of rotatable bonds is 4. The Bertz CT molecular complexity index is 1310. The van der Waals surface area contributed by atoms with Crippen LogP contribution in [0.1, 0.15) is 10.4 Å². The number of oxazole rings is 1. The van der Waals surface area contributed by atoms with Gasteiger partial charge in [0.15, 0.2) is 10.7 Å². The molecule has 0 atom stereocenters. The second kappa shape index (κ2) is 9.01. The Morgan fingerprint density at radius 1 is 1.19 bits per heavy atom. The molecule has 156 valence electrons. The summed E-state index contributed by atoms with van der Waals surface area (Å²) >= 11 is 14.7. The van der Waals surface area contributed by atoms with Gasteiger partial charge in [0.25, 0.3) is 5.91 Å². The first-order chi connectivity index (χ1) is 14.9. The lowest BCUT2D eigenvalue weighted by molar-refractivity contribution is 0.0977. The van der Waals surface area contributed by atoms with E-state index in [0.29, 0.717) is 39.0 Å². The lowest BCUT2D eigenvalue weighted by Gasteiger charge is -2.10. The van der Waals surface area contributed by atoms with E-state index in [-0.39, 0.29) is 5.11 Å². The first-order valence-electron chi connectivity index (χ1n) is 8.90. The summed E-state index contributed by atoms with van der Waals surface area (Å²) in [7, 11) is 1.50. The van der Waals surface area contributed by atoms with E-state index in [1.807, 2.05) is 6.07 Å². The van der Waals surface area contributed by atoms with Gasteiger partial charge >= 0.3 is 0 Å². The Balaban J connectivity index is 1.47. The number of nitrogens with one attached hydrogen (secondary N) is 2. The molecule has 0 radical (unpaired) electrons. The van der Waals surface area contributed by atoms with E-state index in [9.17, 15) is 4.79 Å². The number of fused-ring (bicyclic) bond motifs is 1. The van der Waals surface area contributed by atoms with Gasteiger partial charge in [-0.2, -0.15) is 0 Å². The van der Waals surface area contributed by atoms with Gasteiger partial charge in [0.05, 0.1) is 17.7 Å². The molecule has 2 heterocycles. The van der Waals surface area contributed by atoms with Crippen LogP contribution in [0.4, 0.5) is 5.69 Å². The molecule has 2 aromatic carbocycles. The van der Waals surface area contributed by atoms with E-state index in [2.05, 4.69) is 36.5 Å². The van der Waals surface area contributed by atoms with Gasteiger partial charge in [0.1, 0.15) is 11.3 Å². The number of aromatic nitrogens is 2. The predicted octanol–water partition coefficient (Wildman–Crippen LogP) is 5.44. The van der Waals surface area contributed by atoms with Crippen LogP contribution >= 0.6 is 39.7 Å². The summed E-state index contributed by atoms with van der Waals surface area (Å²) in [6.45, 7) is 0. The molecule has 31 heavy (non-hydrogen) atoms. The standard InChI is InChI=1S/C21H14BrClN4O3S/c1-29-17-4-2-11(7-15(17)23)19(28)27-21(31)25-14-3-5-18-16(8-14)26-20(30-18)12-6-13(22)10-24-9-12/h2-10H,1H3,(H2,25,27,28,31). The Kier molecular flexibility index (Phi) is 6.17. The molecule has 0 aliphatic heterocycles. The number of methoxy groups -OCH3 is 1. The molecule has 10 heteroatoms. The fourth-order valence-corrected chi connectivity index (χ4v) is 3.64. The number of thiocarbonyl (C=S) groups is 1. The van der Waals surface area contributed by atoms with Crippen LogP contribution < -0.4 is 15.4 Å². The third-order valence-corrected chi connectivity index (χ3v) is 5.17. The van der Waals surface area contributed by atoms with E-state index < -0.39 is 5.91 Å².